The van der Waals surface area contributed by atoms with Crippen molar-refractivity contribution in [3.8, 4) is 0 Å². The first kappa shape index (κ1) is 14.0. The number of aromatic nitrogens is 4. The fraction of sp³-hybridized carbons (Fsp3) is 0.133. The van der Waals surface area contributed by atoms with Crippen molar-refractivity contribution in [3.05, 3.63) is 47.4 Å². The molecule has 112 valence electrons. The van der Waals surface area contributed by atoms with Crippen molar-refractivity contribution in [2.45, 2.75) is 6.92 Å². The lowest BCUT2D eigenvalue weighted by atomic mass is 10.2. The van der Waals surface area contributed by atoms with Crippen LogP contribution < -0.4 is 5.32 Å². The monoisotopic (exact) mass is 299 g/mol. The van der Waals surface area contributed by atoms with Crippen LogP contribution in [0, 0.1) is 12.7 Å². The van der Waals surface area contributed by atoms with Gasteiger partial charge in [-0.25, -0.2) is 9.07 Å². The Labute approximate surface area is 125 Å². The van der Waals surface area contributed by atoms with Gasteiger partial charge in [-0.3, -0.25) is 9.89 Å². The first-order valence-electron chi connectivity index (χ1n) is 6.67. The molecule has 0 aliphatic heterocycles. The number of benzene rings is 1. The Kier molecular flexibility index (Phi) is 3.46. The van der Waals surface area contributed by atoms with Crippen molar-refractivity contribution in [1.82, 2.24) is 20.0 Å². The van der Waals surface area contributed by atoms with Crippen LogP contribution in [0.3, 0.4) is 0 Å². The zero-order valence-corrected chi connectivity index (χ0v) is 12.1. The van der Waals surface area contributed by atoms with Crippen molar-refractivity contribution < 1.29 is 9.18 Å². The lowest BCUT2D eigenvalue weighted by Crippen LogP contribution is -2.08. The van der Waals surface area contributed by atoms with E-state index in [1.807, 2.05) is 6.92 Å². The van der Waals surface area contributed by atoms with E-state index >= 15 is 0 Å². The second-order valence-corrected chi connectivity index (χ2v) is 4.88. The molecule has 0 aliphatic rings. The molecule has 1 amide bonds. The number of amides is 1. The molecule has 0 fully saturated rings. The van der Waals surface area contributed by atoms with Gasteiger partial charge in [0.1, 0.15) is 11.6 Å². The molecule has 3 rings (SSSR count). The van der Waals surface area contributed by atoms with Crippen LogP contribution in [0.25, 0.3) is 17.1 Å². The predicted molar refractivity (Wildman–Crippen MR) is 81.7 cm³/mol. The van der Waals surface area contributed by atoms with E-state index in [0.717, 1.165) is 16.6 Å². The zero-order valence-electron chi connectivity index (χ0n) is 12.1. The summed E-state index contributed by atoms with van der Waals surface area (Å²) in [5.74, 6) is -0.110. The third kappa shape index (κ3) is 2.60. The molecule has 1 aromatic carbocycles. The Hall–Kier alpha value is -2.96. The van der Waals surface area contributed by atoms with Gasteiger partial charge in [0.2, 0.25) is 5.91 Å². The summed E-state index contributed by atoms with van der Waals surface area (Å²) in [5.41, 5.74) is 2.20. The summed E-state index contributed by atoms with van der Waals surface area (Å²) >= 11 is 0. The molecule has 0 unspecified atom stereocenters. The number of aromatic amines is 1. The van der Waals surface area contributed by atoms with E-state index in [1.165, 1.54) is 18.2 Å². The van der Waals surface area contributed by atoms with Crippen molar-refractivity contribution in [3.63, 3.8) is 0 Å². The van der Waals surface area contributed by atoms with Gasteiger partial charge in [-0.1, -0.05) is 12.1 Å². The Morgan fingerprint density at radius 3 is 2.82 bits per heavy atom. The number of aryl methyl sites for hydroxylation is 2. The fourth-order valence-corrected chi connectivity index (χ4v) is 2.23. The smallest absolute Gasteiger partial charge is 0.249 e. The lowest BCUT2D eigenvalue weighted by Gasteiger charge is -1.98. The number of anilines is 1. The van der Waals surface area contributed by atoms with E-state index in [-0.39, 0.29) is 11.7 Å². The molecule has 2 aromatic heterocycles. The molecule has 22 heavy (non-hydrogen) atoms. The molecule has 0 atom stereocenters. The second kappa shape index (κ2) is 5.44. The minimum absolute atomic E-state index is 0.307. The summed E-state index contributed by atoms with van der Waals surface area (Å²) in [5, 5.41) is 14.7. The number of hydrogen-bond acceptors (Lipinski definition) is 3. The average molecular weight is 299 g/mol. The fourth-order valence-electron chi connectivity index (χ4n) is 2.23. The van der Waals surface area contributed by atoms with Crippen LogP contribution >= 0.6 is 0 Å². The summed E-state index contributed by atoms with van der Waals surface area (Å²) < 4.78 is 14.4. The molecule has 2 N–H and O–H groups in total. The van der Waals surface area contributed by atoms with Gasteiger partial charge in [0.05, 0.1) is 11.1 Å². The zero-order chi connectivity index (χ0) is 15.7. The molecule has 7 heteroatoms. The SMILES string of the molecule is Cc1nn(C)c2n[nH]c(NC(=O)/C=C\c3ccc(F)cc3)c12. The number of rotatable bonds is 3. The maximum atomic E-state index is 12.8. The maximum absolute atomic E-state index is 12.8. The molecular formula is C15H14FN5O. The highest BCUT2D eigenvalue weighted by Crippen LogP contribution is 2.23. The van der Waals surface area contributed by atoms with Gasteiger partial charge in [0.15, 0.2) is 5.65 Å². The number of H-pyrrole nitrogens is 1. The van der Waals surface area contributed by atoms with Gasteiger partial charge in [0.25, 0.3) is 0 Å². The highest BCUT2D eigenvalue weighted by Gasteiger charge is 2.14. The van der Waals surface area contributed by atoms with Crippen molar-refractivity contribution in [2.75, 3.05) is 5.32 Å². The Balaban J connectivity index is 1.77. The molecule has 0 spiro atoms. The third-order valence-corrected chi connectivity index (χ3v) is 3.26. The average Bonchev–Trinajstić information content (AvgIpc) is 3.01. The van der Waals surface area contributed by atoms with Crippen LogP contribution in [0.4, 0.5) is 10.2 Å². The molecule has 6 nitrogen and oxygen atoms in total. The molecule has 3 aromatic rings. The Morgan fingerprint density at radius 2 is 2.09 bits per heavy atom. The van der Waals surface area contributed by atoms with Crippen molar-refractivity contribution in [1.29, 1.82) is 0 Å². The van der Waals surface area contributed by atoms with Gasteiger partial charge in [-0.2, -0.15) is 10.2 Å². The molecular weight excluding hydrogens is 285 g/mol. The Bertz CT molecular complexity index is 860. The number of fused-ring (bicyclic) bond motifs is 1. The normalized spacial score (nSPS) is 11.4. The van der Waals surface area contributed by atoms with E-state index in [9.17, 15) is 9.18 Å². The number of nitrogens with zero attached hydrogens (tertiary/aromatic N) is 3. The summed E-state index contributed by atoms with van der Waals surface area (Å²) in [7, 11) is 1.79. The van der Waals surface area contributed by atoms with Crippen LogP contribution in [0.5, 0.6) is 0 Å². The van der Waals surface area contributed by atoms with Crippen molar-refractivity contribution in [2.24, 2.45) is 7.05 Å². The van der Waals surface area contributed by atoms with Crippen LogP contribution in [-0.4, -0.2) is 25.9 Å². The highest BCUT2D eigenvalue weighted by molar-refractivity contribution is 6.06. The molecule has 0 radical (unpaired) electrons. The highest BCUT2D eigenvalue weighted by atomic mass is 19.1. The van der Waals surface area contributed by atoms with Gasteiger partial charge >= 0.3 is 0 Å². The first-order chi connectivity index (χ1) is 10.5. The summed E-state index contributed by atoms with van der Waals surface area (Å²) in [6, 6.07) is 5.88. The summed E-state index contributed by atoms with van der Waals surface area (Å²) in [6.45, 7) is 1.85. The summed E-state index contributed by atoms with van der Waals surface area (Å²) in [6.07, 6.45) is 2.99. The van der Waals surface area contributed by atoms with Crippen LogP contribution in [0.1, 0.15) is 11.3 Å². The molecule has 0 saturated heterocycles. The molecule has 0 bridgehead atoms. The number of carbonyl (C=O) groups excluding carboxylic acids is 1. The van der Waals surface area contributed by atoms with Crippen LogP contribution in [0.15, 0.2) is 30.3 Å². The number of halogens is 1. The second-order valence-electron chi connectivity index (χ2n) is 4.88. The molecule has 2 heterocycles. The van der Waals surface area contributed by atoms with E-state index in [0.29, 0.717) is 11.5 Å². The summed E-state index contributed by atoms with van der Waals surface area (Å²) in [4.78, 5) is 12.0. The minimum atomic E-state index is -0.312. The minimum Gasteiger partial charge on any atom is -0.307 e. The molecule has 0 aliphatic carbocycles. The Morgan fingerprint density at radius 1 is 1.36 bits per heavy atom. The molecule has 0 saturated carbocycles. The van der Waals surface area contributed by atoms with Gasteiger partial charge in [0, 0.05) is 13.1 Å². The number of hydrogen-bond donors (Lipinski definition) is 2. The van der Waals surface area contributed by atoms with E-state index < -0.39 is 0 Å². The first-order valence-corrected chi connectivity index (χ1v) is 6.67. The lowest BCUT2D eigenvalue weighted by molar-refractivity contribution is -0.111. The van der Waals surface area contributed by atoms with Gasteiger partial charge < -0.3 is 5.32 Å². The predicted octanol–water partition coefficient (Wildman–Crippen LogP) is 2.40. The topological polar surface area (TPSA) is 75.6 Å². The van der Waals surface area contributed by atoms with Crippen molar-refractivity contribution >= 4 is 28.8 Å². The quantitative estimate of drug-likeness (QED) is 0.729. The van der Waals surface area contributed by atoms with E-state index in [1.54, 1.807) is 29.9 Å². The van der Waals surface area contributed by atoms with E-state index in [4.69, 9.17) is 0 Å². The number of carbonyl (C=O) groups is 1. The van der Waals surface area contributed by atoms with Crippen LogP contribution in [0.2, 0.25) is 0 Å². The van der Waals surface area contributed by atoms with Gasteiger partial charge in [-0.05, 0) is 30.7 Å². The van der Waals surface area contributed by atoms with Gasteiger partial charge in [-0.15, -0.1) is 0 Å². The third-order valence-electron chi connectivity index (χ3n) is 3.26. The maximum Gasteiger partial charge on any atom is 0.249 e. The van der Waals surface area contributed by atoms with E-state index in [2.05, 4.69) is 20.6 Å². The number of nitrogens with one attached hydrogen (secondary N) is 2. The largest absolute Gasteiger partial charge is 0.307 e. The van der Waals surface area contributed by atoms with Crippen LogP contribution in [-0.2, 0) is 11.8 Å². The standard InChI is InChI=1S/C15H14FN5O/c1-9-13-14(18-19-15(13)21(2)20-9)17-12(22)8-5-10-3-6-11(16)7-4-10/h3-8H,1-2H3,(H2,17,18,19,22)/b8-5-.